The number of nitrogens with zero attached hydrogens (tertiary/aromatic N) is 3. The number of para-hydroxylation sites is 1. The summed E-state index contributed by atoms with van der Waals surface area (Å²) in [7, 11) is 0. The average Bonchev–Trinajstić information content (AvgIpc) is 3.50. The maximum Gasteiger partial charge on any atom is 0.0548 e. The van der Waals surface area contributed by atoms with Crippen molar-refractivity contribution in [3.63, 3.8) is 0 Å². The van der Waals surface area contributed by atoms with Gasteiger partial charge in [-0.2, -0.15) is 0 Å². The summed E-state index contributed by atoms with van der Waals surface area (Å²) in [5.74, 6) is 0. The molecule has 0 atom stereocenters. The maximum atomic E-state index is 4.37. The zero-order valence-corrected chi connectivity index (χ0v) is 19.0. The van der Waals surface area contributed by atoms with Gasteiger partial charge in [0.25, 0.3) is 0 Å². The quantitative estimate of drug-likeness (QED) is 0.270. The molecular weight excluding hydrogens is 434 g/mol. The Hall–Kier alpha value is -4.28. The predicted molar refractivity (Wildman–Crippen MR) is 143 cm³/mol. The highest BCUT2D eigenvalue weighted by atomic mass is 32.1. The van der Waals surface area contributed by atoms with E-state index in [4.69, 9.17) is 0 Å². The van der Waals surface area contributed by atoms with Crippen molar-refractivity contribution in [2.75, 3.05) is 0 Å². The minimum atomic E-state index is 1.09. The first kappa shape index (κ1) is 19.2. The highest BCUT2D eigenvalue weighted by Gasteiger charge is 2.15. The molecule has 0 aliphatic carbocycles. The highest BCUT2D eigenvalue weighted by molar-refractivity contribution is 7.17. The number of pyridine rings is 2. The molecule has 0 aliphatic heterocycles. The summed E-state index contributed by atoms with van der Waals surface area (Å²) < 4.78 is 3.71. The van der Waals surface area contributed by atoms with Crippen LogP contribution in [0.2, 0.25) is 0 Å². The monoisotopic (exact) mass is 453 g/mol. The van der Waals surface area contributed by atoms with Crippen molar-refractivity contribution < 1.29 is 0 Å². The Balaban J connectivity index is 1.59. The predicted octanol–water partition coefficient (Wildman–Crippen LogP) is 8.12. The second-order valence-electron chi connectivity index (χ2n) is 8.43. The van der Waals surface area contributed by atoms with Crippen molar-refractivity contribution in [1.29, 1.82) is 0 Å². The van der Waals surface area contributed by atoms with Crippen LogP contribution in [0.15, 0.2) is 115 Å². The van der Waals surface area contributed by atoms with Crippen LogP contribution >= 0.6 is 11.3 Å². The van der Waals surface area contributed by atoms with Crippen molar-refractivity contribution in [3.8, 4) is 27.9 Å². The topological polar surface area (TPSA) is 30.7 Å². The Bertz CT molecular complexity index is 1740. The van der Waals surface area contributed by atoms with Gasteiger partial charge in [-0.25, -0.2) is 0 Å². The lowest BCUT2D eigenvalue weighted by molar-refractivity contribution is 1.18. The number of hydrogen-bond donors (Lipinski definition) is 0. The molecule has 7 rings (SSSR count). The zero-order valence-electron chi connectivity index (χ0n) is 18.2. The molecule has 0 N–H and O–H groups in total. The fraction of sp³-hybridized carbons (Fsp3) is 0. The molecule has 0 radical (unpaired) electrons. The third-order valence-corrected chi connectivity index (χ3v) is 7.29. The summed E-state index contributed by atoms with van der Waals surface area (Å²) in [5, 5.41) is 5.99. The molecule has 160 valence electrons. The molecule has 0 spiro atoms. The fourth-order valence-corrected chi connectivity index (χ4v) is 5.65. The van der Waals surface area contributed by atoms with Crippen LogP contribution in [0.4, 0.5) is 0 Å². The summed E-state index contributed by atoms with van der Waals surface area (Å²) in [6, 6.07) is 30.5. The van der Waals surface area contributed by atoms with Crippen LogP contribution in [0.1, 0.15) is 0 Å². The van der Waals surface area contributed by atoms with Crippen LogP contribution in [0.3, 0.4) is 0 Å². The van der Waals surface area contributed by atoms with E-state index in [0.717, 1.165) is 27.9 Å². The second kappa shape index (κ2) is 7.65. The zero-order chi connectivity index (χ0) is 22.5. The number of fused-ring (bicyclic) bond motifs is 4. The molecule has 0 saturated heterocycles. The Labute approximate surface area is 200 Å². The van der Waals surface area contributed by atoms with Gasteiger partial charge in [-0.05, 0) is 76.5 Å². The highest BCUT2D eigenvalue weighted by Crippen LogP contribution is 2.38. The lowest BCUT2D eigenvalue weighted by atomic mass is 9.99. The van der Waals surface area contributed by atoms with Crippen LogP contribution < -0.4 is 0 Å². The summed E-state index contributed by atoms with van der Waals surface area (Å²) in [4.78, 5) is 8.73. The Kier molecular flexibility index (Phi) is 4.32. The van der Waals surface area contributed by atoms with Gasteiger partial charge in [-0.1, -0.05) is 30.3 Å². The third-order valence-electron chi connectivity index (χ3n) is 6.41. The molecule has 0 unspecified atom stereocenters. The Morgan fingerprint density at radius 2 is 1.32 bits per heavy atom. The third kappa shape index (κ3) is 3.04. The van der Waals surface area contributed by atoms with Crippen molar-refractivity contribution >= 4 is 43.2 Å². The maximum absolute atomic E-state index is 4.37. The van der Waals surface area contributed by atoms with Crippen molar-refractivity contribution in [2.45, 2.75) is 0 Å². The molecule has 0 bridgehead atoms. The molecule has 4 heteroatoms. The SMILES string of the molecule is c1cncc(-c2cc(-c3cccnc3)cc(-n3c4ccccc4c4cc5sccc5cc43)c2)c1. The molecular formula is C30H19N3S. The first-order valence-electron chi connectivity index (χ1n) is 11.2. The van der Waals surface area contributed by atoms with Crippen molar-refractivity contribution in [1.82, 2.24) is 14.5 Å². The van der Waals surface area contributed by atoms with Crippen LogP contribution in [0.25, 0.3) is 59.8 Å². The average molecular weight is 454 g/mol. The number of thiophene rings is 1. The van der Waals surface area contributed by atoms with Gasteiger partial charge in [0.15, 0.2) is 0 Å². The molecule has 4 aromatic heterocycles. The van der Waals surface area contributed by atoms with E-state index in [0.29, 0.717) is 0 Å². The largest absolute Gasteiger partial charge is 0.309 e. The van der Waals surface area contributed by atoms with Gasteiger partial charge in [0.1, 0.15) is 0 Å². The van der Waals surface area contributed by atoms with E-state index in [9.17, 15) is 0 Å². The molecule has 3 nitrogen and oxygen atoms in total. The first-order chi connectivity index (χ1) is 16.8. The molecule has 0 fully saturated rings. The van der Waals surface area contributed by atoms with Gasteiger partial charge < -0.3 is 4.57 Å². The molecule has 4 heterocycles. The number of aromatic nitrogens is 3. The van der Waals surface area contributed by atoms with Crippen LogP contribution in [0.5, 0.6) is 0 Å². The standard InChI is InChI=1S/C30H19N3S/c1-2-8-28-26(7-1)27-17-30-20(9-12-34-30)16-29(27)33(28)25-14-23(21-5-3-10-31-18-21)13-24(15-25)22-6-4-11-32-19-22/h1-19H. The van der Waals surface area contributed by atoms with Crippen LogP contribution in [-0.4, -0.2) is 14.5 Å². The van der Waals surface area contributed by atoms with E-state index in [1.54, 1.807) is 11.3 Å². The van der Waals surface area contributed by atoms with E-state index in [2.05, 4.69) is 92.7 Å². The van der Waals surface area contributed by atoms with Gasteiger partial charge in [0.2, 0.25) is 0 Å². The van der Waals surface area contributed by atoms with E-state index in [1.165, 1.54) is 31.9 Å². The van der Waals surface area contributed by atoms with Gasteiger partial charge in [0, 0.05) is 57.1 Å². The minimum Gasteiger partial charge on any atom is -0.309 e. The summed E-state index contributed by atoms with van der Waals surface area (Å²) in [5.41, 5.74) is 7.99. The summed E-state index contributed by atoms with van der Waals surface area (Å²) >= 11 is 1.79. The van der Waals surface area contributed by atoms with Crippen LogP contribution in [0, 0.1) is 0 Å². The smallest absolute Gasteiger partial charge is 0.0548 e. The number of hydrogen-bond acceptors (Lipinski definition) is 3. The fourth-order valence-electron chi connectivity index (χ4n) is 4.84. The van der Waals surface area contributed by atoms with Gasteiger partial charge in [0.05, 0.1) is 11.0 Å². The minimum absolute atomic E-state index is 1.09. The Morgan fingerprint density at radius 3 is 2.03 bits per heavy atom. The number of benzene rings is 3. The molecule has 0 aliphatic rings. The lowest BCUT2D eigenvalue weighted by Crippen LogP contribution is -1.96. The molecule has 7 aromatic rings. The molecule has 0 saturated carbocycles. The Morgan fingerprint density at radius 1 is 0.588 bits per heavy atom. The molecule has 34 heavy (non-hydrogen) atoms. The lowest BCUT2D eigenvalue weighted by Gasteiger charge is -2.14. The van der Waals surface area contributed by atoms with E-state index < -0.39 is 0 Å². The molecule has 3 aromatic carbocycles. The first-order valence-corrected chi connectivity index (χ1v) is 12.1. The molecule has 0 amide bonds. The van der Waals surface area contributed by atoms with E-state index >= 15 is 0 Å². The number of rotatable bonds is 3. The van der Waals surface area contributed by atoms with E-state index in [-0.39, 0.29) is 0 Å². The summed E-state index contributed by atoms with van der Waals surface area (Å²) in [6.07, 6.45) is 7.47. The normalized spacial score (nSPS) is 11.5. The van der Waals surface area contributed by atoms with Crippen molar-refractivity contribution in [3.05, 3.63) is 115 Å². The second-order valence-corrected chi connectivity index (χ2v) is 9.38. The van der Waals surface area contributed by atoms with Gasteiger partial charge in [-0.15, -0.1) is 11.3 Å². The van der Waals surface area contributed by atoms with Gasteiger partial charge >= 0.3 is 0 Å². The summed E-state index contributed by atoms with van der Waals surface area (Å²) in [6.45, 7) is 0. The van der Waals surface area contributed by atoms with Gasteiger partial charge in [-0.3, -0.25) is 9.97 Å². The van der Waals surface area contributed by atoms with Crippen molar-refractivity contribution in [2.24, 2.45) is 0 Å². The van der Waals surface area contributed by atoms with Crippen LogP contribution in [-0.2, 0) is 0 Å². The van der Waals surface area contributed by atoms with E-state index in [1.807, 2.05) is 36.9 Å².